The average Bonchev–Trinajstić information content (AvgIpc) is 2.69. The molecule has 0 aliphatic heterocycles. The first-order valence-electron chi connectivity index (χ1n) is 8.19. The number of hydrogen-bond donors (Lipinski definition) is 1. The second-order valence-corrected chi connectivity index (χ2v) is 5.67. The summed E-state index contributed by atoms with van der Waals surface area (Å²) in [6, 6.07) is 18.3. The van der Waals surface area contributed by atoms with Gasteiger partial charge in [0.1, 0.15) is 11.8 Å². The minimum absolute atomic E-state index is 0.154. The molecule has 26 heavy (non-hydrogen) atoms. The number of nitrogens with one attached hydrogen (secondary N) is 1. The van der Waals surface area contributed by atoms with Gasteiger partial charge in [-0.05, 0) is 23.6 Å². The molecule has 0 aromatic heterocycles. The fraction of sp³-hybridized carbons (Fsp3) is 0.250. The highest BCUT2D eigenvalue weighted by molar-refractivity contribution is 5.80. The van der Waals surface area contributed by atoms with E-state index in [1.54, 1.807) is 24.3 Å². The highest BCUT2D eigenvalue weighted by atomic mass is 16.6. The van der Waals surface area contributed by atoms with Gasteiger partial charge in [0, 0.05) is 6.54 Å². The van der Waals surface area contributed by atoms with Crippen molar-refractivity contribution in [1.82, 2.24) is 5.32 Å². The van der Waals surface area contributed by atoms with Crippen molar-refractivity contribution in [2.75, 3.05) is 19.8 Å². The van der Waals surface area contributed by atoms with Crippen molar-refractivity contribution in [3.63, 3.8) is 0 Å². The Kier molecular flexibility index (Phi) is 7.19. The van der Waals surface area contributed by atoms with Crippen LogP contribution in [0.25, 0.3) is 0 Å². The maximum Gasteiger partial charge on any atom is 0.344 e. The maximum absolute atomic E-state index is 11.8. The molecule has 0 unspecified atom stereocenters. The van der Waals surface area contributed by atoms with Crippen molar-refractivity contribution in [3.05, 3.63) is 65.7 Å². The Morgan fingerprint density at radius 3 is 2.50 bits per heavy atom. The molecule has 6 heteroatoms. The van der Waals surface area contributed by atoms with Crippen molar-refractivity contribution in [2.45, 2.75) is 12.8 Å². The lowest BCUT2D eigenvalue weighted by molar-refractivity contribution is -0.150. The van der Waals surface area contributed by atoms with E-state index in [9.17, 15) is 9.59 Å². The van der Waals surface area contributed by atoms with Gasteiger partial charge in [-0.1, -0.05) is 49.4 Å². The minimum Gasteiger partial charge on any atom is -0.481 e. The first-order chi connectivity index (χ1) is 12.6. The molecular weight excluding hydrogens is 332 g/mol. The first kappa shape index (κ1) is 19.0. The van der Waals surface area contributed by atoms with Crippen molar-refractivity contribution in [3.8, 4) is 11.8 Å². The van der Waals surface area contributed by atoms with Gasteiger partial charge in [0.25, 0.3) is 5.91 Å². The van der Waals surface area contributed by atoms with Crippen LogP contribution in [0, 0.1) is 11.3 Å². The molecule has 0 radical (unpaired) electrons. The molecule has 0 spiro atoms. The summed E-state index contributed by atoms with van der Waals surface area (Å²) >= 11 is 0. The third kappa shape index (κ3) is 5.95. The Labute approximate surface area is 152 Å². The van der Waals surface area contributed by atoms with E-state index in [0.717, 1.165) is 5.56 Å². The summed E-state index contributed by atoms with van der Waals surface area (Å²) < 4.78 is 10.1. The molecule has 0 fully saturated rings. The summed E-state index contributed by atoms with van der Waals surface area (Å²) in [5, 5.41) is 11.7. The first-order valence-corrected chi connectivity index (χ1v) is 8.19. The van der Waals surface area contributed by atoms with Gasteiger partial charge in [0.05, 0.1) is 5.56 Å². The van der Waals surface area contributed by atoms with E-state index in [1.165, 1.54) is 0 Å². The topological polar surface area (TPSA) is 88.4 Å². The smallest absolute Gasteiger partial charge is 0.344 e. The van der Waals surface area contributed by atoms with Gasteiger partial charge in [0.2, 0.25) is 0 Å². The van der Waals surface area contributed by atoms with Gasteiger partial charge in [0.15, 0.2) is 13.2 Å². The fourth-order valence-electron chi connectivity index (χ4n) is 2.23. The minimum atomic E-state index is -0.677. The van der Waals surface area contributed by atoms with Gasteiger partial charge in [-0.2, -0.15) is 5.26 Å². The molecule has 6 nitrogen and oxygen atoms in total. The predicted molar refractivity (Wildman–Crippen MR) is 95.5 cm³/mol. The Hall–Kier alpha value is -3.33. The number of carbonyl (C=O) groups excluding carboxylic acids is 2. The van der Waals surface area contributed by atoms with E-state index in [0.29, 0.717) is 17.9 Å². The Morgan fingerprint density at radius 2 is 1.77 bits per heavy atom. The van der Waals surface area contributed by atoms with Crippen LogP contribution >= 0.6 is 0 Å². The number of ether oxygens (including phenoxy) is 2. The predicted octanol–water partition coefficient (Wildman–Crippen LogP) is 2.40. The summed E-state index contributed by atoms with van der Waals surface area (Å²) in [5.41, 5.74) is 1.45. The third-order valence-corrected chi connectivity index (χ3v) is 3.69. The standard InChI is InChI=1S/C20H20N2O4/c1-15(16-7-3-2-4-8-16)12-22-19(23)13-26-20(24)14-25-18-10-6-5-9-17(18)11-21/h2-10,15H,12-14H2,1H3,(H,22,23)/t15-/m0/s1. The summed E-state index contributed by atoms with van der Waals surface area (Å²) in [6.07, 6.45) is 0. The van der Waals surface area contributed by atoms with Gasteiger partial charge < -0.3 is 14.8 Å². The monoisotopic (exact) mass is 352 g/mol. The largest absolute Gasteiger partial charge is 0.481 e. The zero-order valence-electron chi connectivity index (χ0n) is 14.5. The highest BCUT2D eigenvalue weighted by Crippen LogP contribution is 2.16. The molecule has 1 amide bonds. The number of para-hydroxylation sites is 1. The van der Waals surface area contributed by atoms with E-state index in [-0.39, 0.29) is 25.0 Å². The second kappa shape index (κ2) is 9.84. The number of hydrogen-bond acceptors (Lipinski definition) is 5. The van der Waals surface area contributed by atoms with Crippen molar-refractivity contribution in [1.29, 1.82) is 5.26 Å². The zero-order valence-corrected chi connectivity index (χ0v) is 14.5. The molecule has 2 rings (SSSR count). The van der Waals surface area contributed by atoms with Gasteiger partial charge >= 0.3 is 5.97 Å². The van der Waals surface area contributed by atoms with Crippen molar-refractivity contribution >= 4 is 11.9 Å². The van der Waals surface area contributed by atoms with Crippen LogP contribution in [-0.4, -0.2) is 31.6 Å². The van der Waals surface area contributed by atoms with Crippen LogP contribution in [0.2, 0.25) is 0 Å². The van der Waals surface area contributed by atoms with Gasteiger partial charge in [-0.25, -0.2) is 4.79 Å². The van der Waals surface area contributed by atoms with Crippen molar-refractivity contribution in [2.24, 2.45) is 0 Å². The summed E-state index contributed by atoms with van der Waals surface area (Å²) in [4.78, 5) is 23.5. The number of nitriles is 1. The maximum atomic E-state index is 11.8. The molecule has 1 N–H and O–H groups in total. The van der Waals surface area contributed by atoms with Gasteiger partial charge in [-0.15, -0.1) is 0 Å². The van der Waals surface area contributed by atoms with E-state index in [4.69, 9.17) is 14.7 Å². The Morgan fingerprint density at radius 1 is 1.08 bits per heavy atom. The normalized spacial score (nSPS) is 11.1. The Bertz CT molecular complexity index is 784. The molecule has 134 valence electrons. The highest BCUT2D eigenvalue weighted by Gasteiger charge is 2.11. The lowest BCUT2D eigenvalue weighted by atomic mass is 10.0. The molecule has 0 heterocycles. The van der Waals surface area contributed by atoms with Crippen LogP contribution in [0.1, 0.15) is 24.0 Å². The van der Waals surface area contributed by atoms with Crippen LogP contribution in [0.3, 0.4) is 0 Å². The van der Waals surface area contributed by atoms with Crippen LogP contribution in [0.4, 0.5) is 0 Å². The molecule has 1 atom stereocenters. The number of nitrogens with zero attached hydrogens (tertiary/aromatic N) is 1. The number of amides is 1. The molecule has 0 saturated carbocycles. The third-order valence-electron chi connectivity index (χ3n) is 3.69. The number of esters is 1. The number of rotatable bonds is 8. The SMILES string of the molecule is C[C@@H](CNC(=O)COC(=O)COc1ccccc1C#N)c1ccccc1. The van der Waals surface area contributed by atoms with Gasteiger partial charge in [-0.3, -0.25) is 4.79 Å². The van der Waals surface area contributed by atoms with E-state index in [2.05, 4.69) is 5.32 Å². The molecular formula is C20H20N2O4. The fourth-order valence-corrected chi connectivity index (χ4v) is 2.23. The van der Waals surface area contributed by atoms with E-state index in [1.807, 2.05) is 43.3 Å². The van der Waals surface area contributed by atoms with Crippen molar-refractivity contribution < 1.29 is 19.1 Å². The molecule has 0 aliphatic carbocycles. The average molecular weight is 352 g/mol. The summed E-state index contributed by atoms with van der Waals surface area (Å²) in [7, 11) is 0. The van der Waals surface area contributed by atoms with Crippen LogP contribution < -0.4 is 10.1 Å². The van der Waals surface area contributed by atoms with Crippen LogP contribution in [-0.2, 0) is 14.3 Å². The molecule has 2 aromatic carbocycles. The summed E-state index contributed by atoms with van der Waals surface area (Å²) in [6.45, 7) is 1.71. The quantitative estimate of drug-likeness (QED) is 0.737. The van der Waals surface area contributed by atoms with E-state index < -0.39 is 5.97 Å². The van der Waals surface area contributed by atoms with E-state index >= 15 is 0 Å². The lowest BCUT2D eigenvalue weighted by Crippen LogP contribution is -2.32. The number of carbonyl (C=O) groups is 2. The summed E-state index contributed by atoms with van der Waals surface area (Å²) in [5.74, 6) is -0.600. The molecule has 0 aliphatic rings. The van der Waals surface area contributed by atoms with Crippen LogP contribution in [0.15, 0.2) is 54.6 Å². The Balaban J connectivity index is 1.68. The second-order valence-electron chi connectivity index (χ2n) is 5.67. The molecule has 2 aromatic rings. The molecule has 0 bridgehead atoms. The lowest BCUT2D eigenvalue weighted by Gasteiger charge is -2.13. The molecule has 0 saturated heterocycles. The number of benzene rings is 2. The zero-order chi connectivity index (χ0) is 18.8. The van der Waals surface area contributed by atoms with Crippen LogP contribution in [0.5, 0.6) is 5.75 Å².